The first-order valence-corrected chi connectivity index (χ1v) is 9.10. The zero-order valence-electron chi connectivity index (χ0n) is 14.2. The van der Waals surface area contributed by atoms with Gasteiger partial charge in [0.15, 0.2) is 0 Å². The lowest BCUT2D eigenvalue weighted by Gasteiger charge is -2.18. The molecule has 2 aromatic rings. The van der Waals surface area contributed by atoms with E-state index in [2.05, 4.69) is 13.0 Å². The topological polar surface area (TPSA) is 44.1 Å². The number of carbonyl (C=O) groups excluding carboxylic acids is 1. The molecule has 1 amide bonds. The van der Waals surface area contributed by atoms with E-state index in [4.69, 9.17) is 5.26 Å². The summed E-state index contributed by atoms with van der Waals surface area (Å²) < 4.78 is 0. The fourth-order valence-corrected chi connectivity index (χ4v) is 3.31. The molecular formula is C20H22N2OS. The van der Waals surface area contributed by atoms with Crippen LogP contribution in [0.15, 0.2) is 53.4 Å². The summed E-state index contributed by atoms with van der Waals surface area (Å²) in [6, 6.07) is 17.5. The molecular weight excluding hydrogens is 316 g/mol. The summed E-state index contributed by atoms with van der Waals surface area (Å²) in [7, 11) is 1.86. The highest BCUT2D eigenvalue weighted by molar-refractivity contribution is 7.98. The number of nitriles is 1. The van der Waals surface area contributed by atoms with Crippen LogP contribution < -0.4 is 0 Å². The molecule has 0 saturated heterocycles. The van der Waals surface area contributed by atoms with Crippen molar-refractivity contribution < 1.29 is 4.79 Å². The van der Waals surface area contributed by atoms with Crippen LogP contribution in [0.2, 0.25) is 0 Å². The van der Waals surface area contributed by atoms with Crippen molar-refractivity contribution in [2.24, 2.45) is 0 Å². The highest BCUT2D eigenvalue weighted by Crippen LogP contribution is 2.27. The minimum Gasteiger partial charge on any atom is -0.342 e. The number of thioether (sulfide) groups is 1. The molecule has 24 heavy (non-hydrogen) atoms. The molecule has 0 unspecified atom stereocenters. The minimum atomic E-state index is 0.0754. The molecule has 0 bridgehead atoms. The molecule has 0 aliphatic rings. The molecule has 0 aliphatic carbocycles. The standard InChI is InChI=1S/C20H22N2OS/c1-3-4-13-22(2)20(23)18-7-5-6-8-19(18)24-15-17-11-9-16(14-21)10-12-17/h5-12H,3-4,13,15H2,1-2H3. The van der Waals surface area contributed by atoms with Gasteiger partial charge in [-0.1, -0.05) is 37.6 Å². The number of unbranched alkanes of at least 4 members (excludes halogenated alkanes) is 1. The number of hydrogen-bond acceptors (Lipinski definition) is 3. The maximum Gasteiger partial charge on any atom is 0.254 e. The van der Waals surface area contributed by atoms with Crippen molar-refractivity contribution in [1.82, 2.24) is 4.90 Å². The molecule has 0 N–H and O–H groups in total. The third-order valence-corrected chi connectivity index (χ3v) is 4.93. The molecule has 0 aliphatic heterocycles. The Kier molecular flexibility index (Phi) is 6.89. The van der Waals surface area contributed by atoms with Crippen LogP contribution in [0.3, 0.4) is 0 Å². The third kappa shape index (κ3) is 4.87. The largest absolute Gasteiger partial charge is 0.342 e. The van der Waals surface area contributed by atoms with Crippen molar-refractivity contribution in [2.45, 2.75) is 30.4 Å². The zero-order valence-corrected chi connectivity index (χ0v) is 15.0. The summed E-state index contributed by atoms with van der Waals surface area (Å²) in [6.45, 7) is 2.91. The van der Waals surface area contributed by atoms with Crippen molar-refractivity contribution >= 4 is 17.7 Å². The normalized spacial score (nSPS) is 10.2. The lowest BCUT2D eigenvalue weighted by Crippen LogP contribution is -2.28. The van der Waals surface area contributed by atoms with Gasteiger partial charge in [-0.05, 0) is 36.2 Å². The van der Waals surface area contributed by atoms with Crippen LogP contribution >= 0.6 is 11.8 Å². The van der Waals surface area contributed by atoms with Crippen LogP contribution in [0.4, 0.5) is 0 Å². The lowest BCUT2D eigenvalue weighted by atomic mass is 10.2. The van der Waals surface area contributed by atoms with E-state index < -0.39 is 0 Å². The molecule has 0 heterocycles. The van der Waals surface area contributed by atoms with Gasteiger partial charge in [-0.15, -0.1) is 11.8 Å². The third-order valence-electron chi connectivity index (χ3n) is 3.79. The Labute approximate surface area is 148 Å². The Hall–Kier alpha value is -2.25. The predicted molar refractivity (Wildman–Crippen MR) is 99.0 cm³/mol. The predicted octanol–water partition coefficient (Wildman–Crippen LogP) is 4.72. The van der Waals surface area contributed by atoms with E-state index >= 15 is 0 Å². The number of benzene rings is 2. The molecule has 0 fully saturated rings. The SMILES string of the molecule is CCCCN(C)C(=O)c1ccccc1SCc1ccc(C#N)cc1. The zero-order chi connectivity index (χ0) is 17.4. The van der Waals surface area contributed by atoms with E-state index in [9.17, 15) is 4.79 Å². The quantitative estimate of drug-likeness (QED) is 0.686. The van der Waals surface area contributed by atoms with E-state index in [0.29, 0.717) is 5.56 Å². The maximum atomic E-state index is 12.6. The maximum absolute atomic E-state index is 12.6. The summed E-state index contributed by atoms with van der Waals surface area (Å²) in [5.74, 6) is 0.848. The average Bonchev–Trinajstić information content (AvgIpc) is 2.64. The number of amides is 1. The van der Waals surface area contributed by atoms with Gasteiger partial charge < -0.3 is 4.90 Å². The second kappa shape index (κ2) is 9.14. The highest BCUT2D eigenvalue weighted by atomic mass is 32.2. The number of hydrogen-bond donors (Lipinski definition) is 0. The summed E-state index contributed by atoms with van der Waals surface area (Å²) in [5, 5.41) is 8.85. The molecule has 0 saturated carbocycles. The lowest BCUT2D eigenvalue weighted by molar-refractivity contribution is 0.0790. The van der Waals surface area contributed by atoms with Crippen molar-refractivity contribution in [1.29, 1.82) is 5.26 Å². The second-order valence-electron chi connectivity index (χ2n) is 5.67. The van der Waals surface area contributed by atoms with Gasteiger partial charge in [0.25, 0.3) is 5.91 Å². The van der Waals surface area contributed by atoms with Gasteiger partial charge in [-0.25, -0.2) is 0 Å². The van der Waals surface area contributed by atoms with Crippen molar-refractivity contribution in [3.63, 3.8) is 0 Å². The van der Waals surface area contributed by atoms with Crippen LogP contribution in [0.5, 0.6) is 0 Å². The van der Waals surface area contributed by atoms with Crippen LogP contribution in [0.1, 0.15) is 41.3 Å². The van der Waals surface area contributed by atoms with Crippen LogP contribution in [0, 0.1) is 11.3 Å². The molecule has 0 aromatic heterocycles. The van der Waals surface area contributed by atoms with Crippen molar-refractivity contribution in [2.75, 3.05) is 13.6 Å². The monoisotopic (exact) mass is 338 g/mol. The molecule has 124 valence electrons. The summed E-state index contributed by atoms with van der Waals surface area (Å²) in [4.78, 5) is 15.4. The summed E-state index contributed by atoms with van der Waals surface area (Å²) >= 11 is 1.65. The molecule has 3 nitrogen and oxygen atoms in total. The van der Waals surface area contributed by atoms with E-state index in [1.54, 1.807) is 16.7 Å². The number of rotatable bonds is 7. The van der Waals surface area contributed by atoms with E-state index in [1.807, 2.05) is 55.6 Å². The molecule has 2 rings (SSSR count). The van der Waals surface area contributed by atoms with Gasteiger partial charge in [0.2, 0.25) is 0 Å². The second-order valence-corrected chi connectivity index (χ2v) is 6.69. The van der Waals surface area contributed by atoms with Gasteiger partial charge in [0.05, 0.1) is 17.2 Å². The van der Waals surface area contributed by atoms with Gasteiger partial charge in [0.1, 0.15) is 0 Å². The first-order chi connectivity index (χ1) is 11.7. The number of carbonyl (C=O) groups is 1. The first-order valence-electron chi connectivity index (χ1n) is 8.12. The van der Waals surface area contributed by atoms with Crippen molar-refractivity contribution in [3.8, 4) is 6.07 Å². The van der Waals surface area contributed by atoms with E-state index in [-0.39, 0.29) is 5.91 Å². The fraction of sp³-hybridized carbons (Fsp3) is 0.300. The Morgan fingerprint density at radius 1 is 1.17 bits per heavy atom. The smallest absolute Gasteiger partial charge is 0.254 e. The van der Waals surface area contributed by atoms with E-state index in [1.165, 1.54) is 0 Å². The van der Waals surface area contributed by atoms with Crippen molar-refractivity contribution in [3.05, 3.63) is 65.2 Å². The van der Waals surface area contributed by atoms with Crippen LogP contribution in [-0.4, -0.2) is 24.4 Å². The minimum absolute atomic E-state index is 0.0754. The molecule has 0 radical (unpaired) electrons. The Bertz CT molecular complexity index is 719. The van der Waals surface area contributed by atoms with Gasteiger partial charge in [0, 0.05) is 24.2 Å². The van der Waals surface area contributed by atoms with Gasteiger partial charge >= 0.3 is 0 Å². The van der Waals surface area contributed by atoms with Gasteiger partial charge in [-0.3, -0.25) is 4.79 Å². The fourth-order valence-electron chi connectivity index (χ4n) is 2.31. The average molecular weight is 338 g/mol. The molecule has 2 aromatic carbocycles. The highest BCUT2D eigenvalue weighted by Gasteiger charge is 2.15. The van der Waals surface area contributed by atoms with E-state index in [0.717, 1.165) is 41.2 Å². The summed E-state index contributed by atoms with van der Waals surface area (Å²) in [6.07, 6.45) is 2.09. The van der Waals surface area contributed by atoms with Crippen LogP contribution in [0.25, 0.3) is 0 Å². The van der Waals surface area contributed by atoms with Crippen LogP contribution in [-0.2, 0) is 5.75 Å². The first kappa shape index (κ1) is 18.1. The Balaban J connectivity index is 2.07. The molecule has 4 heteroatoms. The molecule has 0 atom stereocenters. The Morgan fingerprint density at radius 2 is 1.88 bits per heavy atom. The summed E-state index contributed by atoms with van der Waals surface area (Å²) in [5.41, 5.74) is 2.56. The van der Waals surface area contributed by atoms with Gasteiger partial charge in [-0.2, -0.15) is 5.26 Å². The number of nitrogens with zero attached hydrogens (tertiary/aromatic N) is 2. The molecule has 0 spiro atoms. The Morgan fingerprint density at radius 3 is 2.54 bits per heavy atom.